The molecular weight excluding hydrogens is 378 g/mol. The van der Waals surface area contributed by atoms with E-state index in [0.29, 0.717) is 39.0 Å². The number of fused-ring (bicyclic) bond motifs is 2. The number of carbonyl (C=O) groups excluding carboxylic acids is 2. The number of aromatic nitrogens is 3. The average molecular weight is 401 g/mol. The van der Waals surface area contributed by atoms with Crippen LogP contribution in [-0.2, 0) is 0 Å². The third-order valence-electron chi connectivity index (χ3n) is 5.25. The van der Waals surface area contributed by atoms with Gasteiger partial charge in [-0.15, -0.1) is 0 Å². The number of nitrogen functional groups attached to an aromatic ring is 1. The number of rotatable bonds is 5. The number of ketones is 1. The summed E-state index contributed by atoms with van der Waals surface area (Å²) < 4.78 is 1.71. The van der Waals surface area contributed by atoms with Gasteiger partial charge < -0.3 is 11.1 Å². The van der Waals surface area contributed by atoms with E-state index >= 15 is 0 Å². The lowest BCUT2D eigenvalue weighted by molar-refractivity contribution is 0.0940. The van der Waals surface area contributed by atoms with Gasteiger partial charge in [-0.3, -0.25) is 14.2 Å². The lowest BCUT2D eigenvalue weighted by Crippen LogP contribution is -2.32. The van der Waals surface area contributed by atoms with Crippen LogP contribution in [0, 0.1) is 0 Å². The number of nitrogens with one attached hydrogen (secondary N) is 1. The third-order valence-corrected chi connectivity index (χ3v) is 5.25. The van der Waals surface area contributed by atoms with E-state index < -0.39 is 0 Å². The van der Waals surface area contributed by atoms with Gasteiger partial charge in [0.25, 0.3) is 5.91 Å². The number of carbonyl (C=O) groups is 2. The molecule has 0 aliphatic rings. The van der Waals surface area contributed by atoms with Gasteiger partial charge in [0.05, 0.1) is 11.0 Å². The average Bonchev–Trinajstić information content (AvgIpc) is 3.02. The summed E-state index contributed by atoms with van der Waals surface area (Å²) in [4.78, 5) is 34.1. The number of nitrogens with zero attached hydrogens (tertiary/aromatic N) is 3. The third kappa shape index (κ3) is 3.28. The normalized spacial score (nSPS) is 12.2. The lowest BCUT2D eigenvalue weighted by Gasteiger charge is -2.11. The summed E-state index contributed by atoms with van der Waals surface area (Å²) in [6.07, 6.45) is 0.797. The van der Waals surface area contributed by atoms with E-state index in [0.717, 1.165) is 6.42 Å². The van der Waals surface area contributed by atoms with Crippen molar-refractivity contribution < 1.29 is 9.59 Å². The van der Waals surface area contributed by atoms with Crippen molar-refractivity contribution in [2.24, 2.45) is 0 Å². The van der Waals surface area contributed by atoms with Crippen molar-refractivity contribution in [1.82, 2.24) is 19.9 Å². The van der Waals surface area contributed by atoms with Crippen LogP contribution in [0.15, 0.2) is 48.5 Å². The van der Waals surface area contributed by atoms with Crippen LogP contribution in [0.25, 0.3) is 27.9 Å². The van der Waals surface area contributed by atoms with Gasteiger partial charge in [-0.2, -0.15) is 0 Å². The smallest absolute Gasteiger partial charge is 0.257 e. The Labute approximate surface area is 173 Å². The number of nitrogens with two attached hydrogens (primary N) is 1. The number of Topliss-reactive ketones (excluding diaryl/α,β-unsaturated/α-hetero) is 1. The first-order valence-corrected chi connectivity index (χ1v) is 9.89. The summed E-state index contributed by atoms with van der Waals surface area (Å²) in [6, 6.07) is 14.5. The molecular formula is C23H23N5O2. The zero-order chi connectivity index (χ0) is 21.4. The molecule has 2 aromatic carbocycles. The second-order valence-electron chi connectivity index (χ2n) is 7.37. The van der Waals surface area contributed by atoms with Gasteiger partial charge in [0.2, 0.25) is 0 Å². The Morgan fingerprint density at radius 3 is 2.30 bits per heavy atom. The molecule has 0 saturated carbocycles. The van der Waals surface area contributed by atoms with Crippen LogP contribution in [0.5, 0.6) is 0 Å². The molecule has 152 valence electrons. The maximum atomic E-state index is 13.1. The summed E-state index contributed by atoms with van der Waals surface area (Å²) >= 11 is 0. The second-order valence-corrected chi connectivity index (χ2v) is 7.37. The predicted molar refractivity (Wildman–Crippen MR) is 118 cm³/mol. The van der Waals surface area contributed by atoms with E-state index in [9.17, 15) is 9.59 Å². The molecule has 4 aromatic rings. The minimum atomic E-state index is -0.282. The number of para-hydroxylation sites is 2. The molecule has 1 atom stereocenters. The summed E-state index contributed by atoms with van der Waals surface area (Å²) in [7, 11) is 0. The maximum absolute atomic E-state index is 13.1. The highest BCUT2D eigenvalue weighted by atomic mass is 16.1. The largest absolute Gasteiger partial charge is 0.384 e. The molecule has 1 amide bonds. The molecule has 2 aromatic heterocycles. The molecule has 30 heavy (non-hydrogen) atoms. The van der Waals surface area contributed by atoms with Crippen molar-refractivity contribution in [1.29, 1.82) is 0 Å². The van der Waals surface area contributed by atoms with E-state index in [1.165, 1.54) is 6.92 Å². The summed E-state index contributed by atoms with van der Waals surface area (Å²) in [5.41, 5.74) is 10.4. The second kappa shape index (κ2) is 7.59. The van der Waals surface area contributed by atoms with Crippen molar-refractivity contribution in [3.8, 4) is 5.69 Å². The fourth-order valence-electron chi connectivity index (χ4n) is 3.39. The molecule has 7 nitrogen and oxygen atoms in total. The summed E-state index contributed by atoms with van der Waals surface area (Å²) in [6.45, 7) is 5.46. The first kappa shape index (κ1) is 19.6. The van der Waals surface area contributed by atoms with Gasteiger partial charge in [0.15, 0.2) is 11.4 Å². The van der Waals surface area contributed by atoms with Crippen LogP contribution in [0.4, 0.5) is 5.82 Å². The molecule has 0 radical (unpaired) electrons. The zero-order valence-electron chi connectivity index (χ0n) is 17.1. The Morgan fingerprint density at radius 1 is 1.07 bits per heavy atom. The first-order valence-electron chi connectivity index (χ1n) is 9.89. The van der Waals surface area contributed by atoms with Crippen molar-refractivity contribution in [3.63, 3.8) is 0 Å². The van der Waals surface area contributed by atoms with E-state index in [1.54, 1.807) is 28.8 Å². The van der Waals surface area contributed by atoms with Crippen LogP contribution in [0.2, 0.25) is 0 Å². The van der Waals surface area contributed by atoms with E-state index in [-0.39, 0.29) is 23.6 Å². The topological polar surface area (TPSA) is 103 Å². The molecule has 0 aliphatic carbocycles. The number of anilines is 1. The molecule has 3 N–H and O–H groups in total. The quantitative estimate of drug-likeness (QED) is 0.494. The monoisotopic (exact) mass is 401 g/mol. The Kier molecular flexibility index (Phi) is 4.95. The minimum Gasteiger partial charge on any atom is -0.384 e. The SMILES string of the molecule is CCC(C)NC(=O)c1c(N)n(-c2ccc(C(C)=O)cc2)c2nc3ccccc3nc12. The van der Waals surface area contributed by atoms with Crippen LogP contribution >= 0.6 is 0 Å². The van der Waals surface area contributed by atoms with Crippen molar-refractivity contribution in [2.45, 2.75) is 33.2 Å². The standard InChI is InChI=1S/C23H23N5O2/c1-4-13(2)25-23(30)19-20-22(27-18-8-6-5-7-17(18)26-20)28(21(19)24)16-11-9-15(10-12-16)14(3)29/h5-13H,4,24H2,1-3H3,(H,25,30). The first-order chi connectivity index (χ1) is 14.4. The van der Waals surface area contributed by atoms with Crippen molar-refractivity contribution >= 4 is 39.7 Å². The molecule has 2 heterocycles. The molecule has 7 heteroatoms. The van der Waals surface area contributed by atoms with Crippen molar-refractivity contribution in [2.75, 3.05) is 5.73 Å². The predicted octanol–water partition coefficient (Wildman–Crippen LogP) is 3.89. The lowest BCUT2D eigenvalue weighted by atomic mass is 10.1. The minimum absolute atomic E-state index is 0.00133. The Balaban J connectivity index is 1.99. The zero-order valence-corrected chi connectivity index (χ0v) is 17.1. The Hall–Kier alpha value is -3.74. The highest BCUT2D eigenvalue weighted by Crippen LogP contribution is 2.31. The van der Waals surface area contributed by atoms with Crippen molar-refractivity contribution in [3.05, 3.63) is 59.7 Å². The molecule has 0 spiro atoms. The van der Waals surface area contributed by atoms with Gasteiger partial charge in [-0.25, -0.2) is 9.97 Å². The van der Waals surface area contributed by atoms with Gasteiger partial charge in [-0.05, 0) is 56.7 Å². The fourth-order valence-corrected chi connectivity index (χ4v) is 3.39. The summed E-state index contributed by atoms with van der Waals surface area (Å²) in [5.74, 6) is -0.0430. The van der Waals surface area contributed by atoms with Gasteiger partial charge in [-0.1, -0.05) is 19.1 Å². The molecule has 0 aliphatic heterocycles. The number of benzene rings is 2. The highest BCUT2D eigenvalue weighted by Gasteiger charge is 2.25. The van der Waals surface area contributed by atoms with E-state index in [1.807, 2.05) is 38.1 Å². The maximum Gasteiger partial charge on any atom is 0.257 e. The number of amides is 1. The molecule has 0 fully saturated rings. The van der Waals surface area contributed by atoms with Crippen LogP contribution in [-0.4, -0.2) is 32.3 Å². The Morgan fingerprint density at radius 2 is 1.70 bits per heavy atom. The van der Waals surface area contributed by atoms with Gasteiger partial charge in [0, 0.05) is 17.3 Å². The number of hydrogen-bond donors (Lipinski definition) is 2. The molecule has 0 saturated heterocycles. The van der Waals surface area contributed by atoms with Crippen LogP contribution in [0.1, 0.15) is 47.9 Å². The molecule has 0 bridgehead atoms. The number of hydrogen-bond acceptors (Lipinski definition) is 5. The summed E-state index contributed by atoms with van der Waals surface area (Å²) in [5, 5.41) is 2.97. The van der Waals surface area contributed by atoms with Crippen LogP contribution in [0.3, 0.4) is 0 Å². The molecule has 4 rings (SSSR count). The fraction of sp³-hybridized carbons (Fsp3) is 0.217. The van der Waals surface area contributed by atoms with Gasteiger partial charge in [0.1, 0.15) is 16.9 Å². The highest BCUT2D eigenvalue weighted by molar-refractivity contribution is 6.11. The van der Waals surface area contributed by atoms with E-state index in [4.69, 9.17) is 15.7 Å². The van der Waals surface area contributed by atoms with E-state index in [2.05, 4.69) is 5.32 Å². The van der Waals surface area contributed by atoms with Crippen LogP contribution < -0.4 is 11.1 Å². The van der Waals surface area contributed by atoms with Gasteiger partial charge >= 0.3 is 0 Å². The molecule has 1 unspecified atom stereocenters. The Bertz CT molecular complexity index is 1270.